The average molecular weight is 296 g/mol. The lowest BCUT2D eigenvalue weighted by Crippen LogP contribution is -2.22. The van der Waals surface area contributed by atoms with Gasteiger partial charge in [0.25, 0.3) is 0 Å². The molecule has 0 spiro atoms. The molecule has 2 aromatic rings. The van der Waals surface area contributed by atoms with Crippen LogP contribution >= 0.6 is 11.3 Å². The third kappa shape index (κ3) is 3.33. The molecule has 1 atom stereocenters. The van der Waals surface area contributed by atoms with Crippen LogP contribution in [-0.4, -0.2) is 34.9 Å². The van der Waals surface area contributed by atoms with Gasteiger partial charge in [-0.25, -0.2) is 4.98 Å². The molecule has 0 bridgehead atoms. The normalized spacial score (nSPS) is 19.3. The fraction of sp³-hybridized carbons (Fsp3) is 0.583. The number of hydrogen-bond donors (Lipinski definition) is 1. The number of aryl methyl sites for hydroxylation is 2. The molecule has 7 nitrogen and oxygen atoms in total. The molecule has 8 heteroatoms. The van der Waals surface area contributed by atoms with Crippen molar-refractivity contribution in [1.29, 1.82) is 0 Å². The van der Waals surface area contributed by atoms with Gasteiger partial charge in [-0.15, -0.1) is 11.3 Å². The lowest BCUT2D eigenvalue weighted by molar-refractivity contribution is -0.0941. The molecule has 1 unspecified atom stereocenters. The van der Waals surface area contributed by atoms with E-state index in [1.54, 1.807) is 0 Å². The van der Waals surface area contributed by atoms with E-state index in [1.165, 1.54) is 11.3 Å². The Balaban J connectivity index is 1.49. The van der Waals surface area contributed by atoms with Crippen molar-refractivity contribution in [3.63, 3.8) is 0 Å². The van der Waals surface area contributed by atoms with E-state index in [9.17, 15) is 0 Å². The molecule has 1 aliphatic heterocycles. The Hall–Kier alpha value is -1.51. The molecule has 2 aromatic heterocycles. The van der Waals surface area contributed by atoms with Gasteiger partial charge in [0.2, 0.25) is 11.7 Å². The van der Waals surface area contributed by atoms with Gasteiger partial charge < -0.3 is 19.7 Å². The van der Waals surface area contributed by atoms with Crippen LogP contribution in [0.1, 0.15) is 29.9 Å². The largest absolute Gasteiger partial charge is 0.376 e. The zero-order valence-electron chi connectivity index (χ0n) is 10.9. The molecule has 20 heavy (non-hydrogen) atoms. The van der Waals surface area contributed by atoms with Gasteiger partial charge in [0.05, 0.1) is 25.5 Å². The number of rotatable bonds is 5. The first-order valence-corrected chi connectivity index (χ1v) is 7.41. The van der Waals surface area contributed by atoms with Crippen molar-refractivity contribution >= 4 is 16.5 Å². The number of hydrogen-bond acceptors (Lipinski definition) is 8. The molecule has 2 N–H and O–H groups in total. The molecule has 0 aromatic carbocycles. The summed E-state index contributed by atoms with van der Waals surface area (Å²) in [5.74, 6) is 1.19. The standard InChI is InChI=1S/C12H16N4O3S/c13-12-14-8(7-20-12)2-1-3-10-15-11(16-19-10)9-6-17-4-5-18-9/h7,9H,1-6H2,(H2,13,14). The predicted molar refractivity (Wildman–Crippen MR) is 72.4 cm³/mol. The lowest BCUT2D eigenvalue weighted by atomic mass is 10.2. The van der Waals surface area contributed by atoms with Gasteiger partial charge in [-0.05, 0) is 12.8 Å². The Bertz CT molecular complexity index is 550. The Labute approximate surface area is 120 Å². The molecule has 3 rings (SSSR count). The fourth-order valence-electron chi connectivity index (χ4n) is 2.00. The summed E-state index contributed by atoms with van der Waals surface area (Å²) in [5, 5.41) is 6.52. The molecule has 0 amide bonds. The van der Waals surface area contributed by atoms with Crippen molar-refractivity contribution in [2.45, 2.75) is 25.4 Å². The molecule has 0 radical (unpaired) electrons. The van der Waals surface area contributed by atoms with Crippen LogP contribution in [0.2, 0.25) is 0 Å². The van der Waals surface area contributed by atoms with Gasteiger partial charge in [-0.3, -0.25) is 0 Å². The first kappa shape index (κ1) is 13.5. The summed E-state index contributed by atoms with van der Waals surface area (Å²) in [6.45, 7) is 1.68. The van der Waals surface area contributed by atoms with E-state index in [0.717, 1.165) is 25.0 Å². The minimum atomic E-state index is -0.209. The summed E-state index contributed by atoms with van der Waals surface area (Å²) in [5.41, 5.74) is 6.60. The van der Waals surface area contributed by atoms with Crippen LogP contribution in [0.15, 0.2) is 9.90 Å². The highest BCUT2D eigenvalue weighted by molar-refractivity contribution is 7.13. The van der Waals surface area contributed by atoms with E-state index in [4.69, 9.17) is 19.7 Å². The molecule has 108 valence electrons. The maximum Gasteiger partial charge on any atom is 0.226 e. The van der Waals surface area contributed by atoms with E-state index >= 15 is 0 Å². The maximum atomic E-state index is 5.59. The van der Waals surface area contributed by atoms with Crippen LogP contribution in [0.25, 0.3) is 0 Å². The van der Waals surface area contributed by atoms with Gasteiger partial charge >= 0.3 is 0 Å². The van der Waals surface area contributed by atoms with Crippen molar-refractivity contribution < 1.29 is 14.0 Å². The molecule has 1 fully saturated rings. The highest BCUT2D eigenvalue weighted by Gasteiger charge is 2.22. The monoisotopic (exact) mass is 296 g/mol. The van der Waals surface area contributed by atoms with Gasteiger partial charge in [0.15, 0.2) is 5.13 Å². The van der Waals surface area contributed by atoms with Crippen molar-refractivity contribution in [1.82, 2.24) is 15.1 Å². The van der Waals surface area contributed by atoms with Gasteiger partial charge in [0, 0.05) is 11.8 Å². The average Bonchev–Trinajstić information content (AvgIpc) is 3.09. The van der Waals surface area contributed by atoms with E-state index < -0.39 is 0 Å². The smallest absolute Gasteiger partial charge is 0.226 e. The highest BCUT2D eigenvalue weighted by atomic mass is 32.1. The van der Waals surface area contributed by atoms with Crippen LogP contribution in [0.5, 0.6) is 0 Å². The SMILES string of the molecule is Nc1nc(CCCc2nc(C3COCCO3)no2)cs1. The first-order valence-electron chi connectivity index (χ1n) is 6.53. The maximum absolute atomic E-state index is 5.59. The number of thiazole rings is 1. The van der Waals surface area contributed by atoms with Gasteiger partial charge in [0.1, 0.15) is 6.10 Å². The molecule has 3 heterocycles. The van der Waals surface area contributed by atoms with Gasteiger partial charge in [-0.1, -0.05) is 5.16 Å². The number of aromatic nitrogens is 3. The summed E-state index contributed by atoms with van der Waals surface area (Å²) in [7, 11) is 0. The Morgan fingerprint density at radius 1 is 1.30 bits per heavy atom. The summed E-state index contributed by atoms with van der Waals surface area (Å²) < 4.78 is 16.1. The fourth-order valence-corrected chi connectivity index (χ4v) is 2.59. The Morgan fingerprint density at radius 2 is 2.25 bits per heavy atom. The molecule has 0 saturated carbocycles. The Kier molecular flexibility index (Phi) is 4.24. The second-order valence-electron chi connectivity index (χ2n) is 4.51. The summed E-state index contributed by atoms with van der Waals surface area (Å²) >= 11 is 1.46. The third-order valence-electron chi connectivity index (χ3n) is 2.98. The number of nitrogen functional groups attached to an aromatic ring is 1. The highest BCUT2D eigenvalue weighted by Crippen LogP contribution is 2.18. The van der Waals surface area contributed by atoms with E-state index in [0.29, 0.717) is 36.7 Å². The zero-order chi connectivity index (χ0) is 13.8. The van der Waals surface area contributed by atoms with Gasteiger partial charge in [-0.2, -0.15) is 4.98 Å². The molecular weight excluding hydrogens is 280 g/mol. The number of nitrogens with two attached hydrogens (primary N) is 1. The second-order valence-corrected chi connectivity index (χ2v) is 5.40. The molecule has 1 saturated heterocycles. The van der Waals surface area contributed by atoms with Crippen LogP contribution in [0, 0.1) is 0 Å². The predicted octanol–water partition coefficient (Wildman–Crippen LogP) is 1.37. The number of nitrogens with zero attached hydrogens (tertiary/aromatic N) is 3. The topological polar surface area (TPSA) is 96.3 Å². The van der Waals surface area contributed by atoms with Crippen molar-refractivity contribution in [2.24, 2.45) is 0 Å². The summed E-state index contributed by atoms with van der Waals surface area (Å²) in [6, 6.07) is 0. The molecular formula is C12H16N4O3S. The first-order chi connectivity index (χ1) is 9.81. The van der Waals surface area contributed by atoms with Crippen LogP contribution in [0.3, 0.4) is 0 Å². The van der Waals surface area contributed by atoms with Crippen molar-refractivity contribution in [3.05, 3.63) is 22.8 Å². The zero-order valence-corrected chi connectivity index (χ0v) is 11.8. The van der Waals surface area contributed by atoms with Crippen molar-refractivity contribution in [2.75, 3.05) is 25.6 Å². The number of anilines is 1. The minimum absolute atomic E-state index is 0.209. The van der Waals surface area contributed by atoms with E-state index in [-0.39, 0.29) is 6.10 Å². The second kappa shape index (κ2) is 6.29. The number of ether oxygens (including phenoxy) is 2. The van der Waals surface area contributed by atoms with Crippen molar-refractivity contribution in [3.8, 4) is 0 Å². The summed E-state index contributed by atoms with van der Waals surface area (Å²) in [6.07, 6.45) is 2.26. The van der Waals surface area contributed by atoms with E-state index in [2.05, 4.69) is 15.1 Å². The molecule has 0 aliphatic carbocycles. The van der Waals surface area contributed by atoms with E-state index in [1.807, 2.05) is 5.38 Å². The third-order valence-corrected chi connectivity index (χ3v) is 3.70. The van der Waals surface area contributed by atoms with Crippen LogP contribution < -0.4 is 5.73 Å². The lowest BCUT2D eigenvalue weighted by Gasteiger charge is -2.19. The van der Waals surface area contributed by atoms with Crippen LogP contribution in [-0.2, 0) is 22.3 Å². The summed E-state index contributed by atoms with van der Waals surface area (Å²) in [4.78, 5) is 8.56. The minimum Gasteiger partial charge on any atom is -0.376 e. The quantitative estimate of drug-likeness (QED) is 0.890. The van der Waals surface area contributed by atoms with Crippen LogP contribution in [0.4, 0.5) is 5.13 Å². The molecule has 1 aliphatic rings. The Morgan fingerprint density at radius 3 is 3.00 bits per heavy atom.